The zero-order valence-corrected chi connectivity index (χ0v) is 10.3. The summed E-state index contributed by atoms with van der Waals surface area (Å²) in [6.07, 6.45) is -0.0739. The number of amides is 2. The van der Waals surface area contributed by atoms with Crippen LogP contribution in [0.4, 0.5) is 4.79 Å². The number of urea groups is 1. The Morgan fingerprint density at radius 2 is 1.69 bits per heavy atom. The smallest absolute Gasteiger partial charge is 0.315 e. The SMILES string of the molecule is CC(CC(=O)O)NC(=O)NC(C)CN(C)C. The predicted molar refractivity (Wildman–Crippen MR) is 61.4 cm³/mol. The zero-order chi connectivity index (χ0) is 12.7. The molecule has 0 aliphatic rings. The Morgan fingerprint density at radius 3 is 2.12 bits per heavy atom. The van der Waals surface area contributed by atoms with Gasteiger partial charge in [-0.3, -0.25) is 4.79 Å². The molecule has 0 heterocycles. The van der Waals surface area contributed by atoms with E-state index < -0.39 is 5.97 Å². The van der Waals surface area contributed by atoms with E-state index >= 15 is 0 Å². The number of carboxylic acids is 1. The Labute approximate surface area is 96.0 Å². The van der Waals surface area contributed by atoms with Crippen molar-refractivity contribution in [3.05, 3.63) is 0 Å². The average Bonchev–Trinajstić information content (AvgIpc) is 1.97. The standard InChI is InChI=1S/C10H21N3O3/c1-7(5-9(14)15)11-10(16)12-8(2)6-13(3)4/h7-8H,5-6H2,1-4H3,(H,14,15)(H2,11,12,16). The van der Waals surface area contributed by atoms with Crippen LogP contribution in [0.1, 0.15) is 20.3 Å². The minimum Gasteiger partial charge on any atom is -0.481 e. The summed E-state index contributed by atoms with van der Waals surface area (Å²) in [5.74, 6) is -0.922. The van der Waals surface area contributed by atoms with Gasteiger partial charge in [0.05, 0.1) is 6.42 Å². The predicted octanol–water partition coefficient (Wildman–Crippen LogP) is 0.0989. The number of hydrogen-bond donors (Lipinski definition) is 3. The molecule has 2 atom stereocenters. The number of carboxylic acid groups (broad SMARTS) is 1. The molecule has 0 saturated carbocycles. The lowest BCUT2D eigenvalue weighted by atomic mass is 10.2. The number of aliphatic carboxylic acids is 1. The van der Waals surface area contributed by atoms with Gasteiger partial charge in [0.15, 0.2) is 0 Å². The number of nitrogens with zero attached hydrogens (tertiary/aromatic N) is 1. The van der Waals surface area contributed by atoms with Crippen LogP contribution < -0.4 is 10.6 Å². The van der Waals surface area contributed by atoms with Gasteiger partial charge in [-0.1, -0.05) is 0 Å². The first-order chi connectivity index (χ1) is 7.31. The van der Waals surface area contributed by atoms with Gasteiger partial charge in [-0.15, -0.1) is 0 Å². The van der Waals surface area contributed by atoms with Gasteiger partial charge < -0.3 is 20.6 Å². The number of nitrogens with one attached hydrogen (secondary N) is 2. The van der Waals surface area contributed by atoms with Crippen molar-refractivity contribution < 1.29 is 14.7 Å². The van der Waals surface area contributed by atoms with Gasteiger partial charge in [-0.2, -0.15) is 0 Å². The Balaban J connectivity index is 3.85. The van der Waals surface area contributed by atoms with Crippen molar-refractivity contribution in [1.82, 2.24) is 15.5 Å². The highest BCUT2D eigenvalue weighted by molar-refractivity contribution is 5.75. The second-order valence-corrected chi connectivity index (χ2v) is 4.28. The van der Waals surface area contributed by atoms with Crippen molar-refractivity contribution >= 4 is 12.0 Å². The van der Waals surface area contributed by atoms with E-state index in [1.807, 2.05) is 25.9 Å². The molecule has 2 unspecified atom stereocenters. The zero-order valence-electron chi connectivity index (χ0n) is 10.3. The first-order valence-electron chi connectivity index (χ1n) is 5.24. The third kappa shape index (κ3) is 8.05. The van der Waals surface area contributed by atoms with Crippen LogP contribution in [0.15, 0.2) is 0 Å². The summed E-state index contributed by atoms with van der Waals surface area (Å²) in [5.41, 5.74) is 0. The summed E-state index contributed by atoms with van der Waals surface area (Å²) < 4.78 is 0. The molecule has 94 valence electrons. The molecule has 16 heavy (non-hydrogen) atoms. The van der Waals surface area contributed by atoms with Crippen LogP contribution in [-0.4, -0.2) is 54.7 Å². The average molecular weight is 231 g/mol. The summed E-state index contributed by atoms with van der Waals surface area (Å²) in [6.45, 7) is 4.28. The Morgan fingerprint density at radius 1 is 1.19 bits per heavy atom. The highest BCUT2D eigenvalue weighted by Crippen LogP contribution is 1.91. The quantitative estimate of drug-likeness (QED) is 0.605. The lowest BCUT2D eigenvalue weighted by molar-refractivity contribution is -0.137. The van der Waals surface area contributed by atoms with E-state index in [2.05, 4.69) is 10.6 Å². The van der Waals surface area contributed by atoms with E-state index in [0.717, 1.165) is 6.54 Å². The van der Waals surface area contributed by atoms with Crippen molar-refractivity contribution in [2.45, 2.75) is 32.4 Å². The Bertz CT molecular complexity index is 243. The molecule has 0 spiro atoms. The largest absolute Gasteiger partial charge is 0.481 e. The summed E-state index contributed by atoms with van der Waals surface area (Å²) in [4.78, 5) is 23.7. The highest BCUT2D eigenvalue weighted by Gasteiger charge is 2.12. The maximum Gasteiger partial charge on any atom is 0.315 e. The monoisotopic (exact) mass is 231 g/mol. The Hall–Kier alpha value is -1.30. The van der Waals surface area contributed by atoms with Crippen molar-refractivity contribution in [1.29, 1.82) is 0 Å². The second-order valence-electron chi connectivity index (χ2n) is 4.28. The minimum atomic E-state index is -0.922. The van der Waals surface area contributed by atoms with Crippen molar-refractivity contribution in [3.8, 4) is 0 Å². The molecule has 2 amide bonds. The molecule has 0 aliphatic carbocycles. The lowest BCUT2D eigenvalue weighted by Crippen LogP contribution is -2.47. The number of likely N-dealkylation sites (N-methyl/N-ethyl adjacent to an activating group) is 1. The van der Waals surface area contributed by atoms with Crippen LogP contribution in [0.5, 0.6) is 0 Å². The molecule has 0 aromatic carbocycles. The van der Waals surface area contributed by atoms with E-state index in [1.165, 1.54) is 0 Å². The van der Waals surface area contributed by atoms with Crippen molar-refractivity contribution in [2.75, 3.05) is 20.6 Å². The minimum absolute atomic E-state index is 0.0204. The van der Waals surface area contributed by atoms with E-state index in [-0.39, 0.29) is 24.5 Å². The molecule has 6 nitrogen and oxygen atoms in total. The van der Waals surface area contributed by atoms with Crippen LogP contribution in [0, 0.1) is 0 Å². The summed E-state index contributed by atoms with van der Waals surface area (Å²) >= 11 is 0. The topological polar surface area (TPSA) is 81.7 Å². The van der Waals surface area contributed by atoms with E-state index in [4.69, 9.17) is 5.11 Å². The van der Waals surface area contributed by atoms with Crippen LogP contribution in [0.2, 0.25) is 0 Å². The number of carbonyl (C=O) groups excluding carboxylic acids is 1. The van der Waals surface area contributed by atoms with Crippen LogP contribution >= 0.6 is 0 Å². The van der Waals surface area contributed by atoms with Gasteiger partial charge in [-0.25, -0.2) is 4.79 Å². The molecular weight excluding hydrogens is 210 g/mol. The fourth-order valence-electron chi connectivity index (χ4n) is 1.40. The molecular formula is C10H21N3O3. The van der Waals surface area contributed by atoms with Crippen LogP contribution in [0.25, 0.3) is 0 Å². The molecule has 6 heteroatoms. The molecule has 0 aromatic heterocycles. The Kier molecular flexibility index (Phi) is 6.48. The molecule has 0 rings (SSSR count). The fraction of sp³-hybridized carbons (Fsp3) is 0.800. The lowest BCUT2D eigenvalue weighted by Gasteiger charge is -2.20. The van der Waals surface area contributed by atoms with Crippen LogP contribution in [0.3, 0.4) is 0 Å². The van der Waals surface area contributed by atoms with E-state index in [9.17, 15) is 9.59 Å². The van der Waals surface area contributed by atoms with Gasteiger partial charge in [-0.05, 0) is 27.9 Å². The normalized spacial score (nSPS) is 14.3. The van der Waals surface area contributed by atoms with E-state index in [0.29, 0.717) is 0 Å². The maximum absolute atomic E-state index is 11.4. The third-order valence-corrected chi connectivity index (χ3v) is 1.87. The summed E-state index contributed by atoms with van der Waals surface area (Å²) in [5, 5.41) is 13.8. The van der Waals surface area contributed by atoms with Gasteiger partial charge in [0.2, 0.25) is 0 Å². The molecule has 0 radical (unpaired) electrons. The van der Waals surface area contributed by atoms with Crippen molar-refractivity contribution in [2.24, 2.45) is 0 Å². The molecule has 0 fully saturated rings. The van der Waals surface area contributed by atoms with Gasteiger partial charge in [0, 0.05) is 18.6 Å². The summed E-state index contributed by atoms with van der Waals surface area (Å²) in [6, 6.07) is -0.681. The molecule has 3 N–H and O–H groups in total. The number of hydrogen-bond acceptors (Lipinski definition) is 3. The van der Waals surface area contributed by atoms with Gasteiger partial charge in [0.25, 0.3) is 0 Å². The molecule has 0 aromatic rings. The second kappa shape index (κ2) is 7.05. The fourth-order valence-corrected chi connectivity index (χ4v) is 1.40. The number of rotatable bonds is 6. The van der Waals surface area contributed by atoms with Gasteiger partial charge in [0.1, 0.15) is 0 Å². The first kappa shape index (κ1) is 14.7. The molecule has 0 bridgehead atoms. The van der Waals surface area contributed by atoms with Crippen LogP contribution in [-0.2, 0) is 4.79 Å². The van der Waals surface area contributed by atoms with Gasteiger partial charge >= 0.3 is 12.0 Å². The van der Waals surface area contributed by atoms with E-state index in [1.54, 1.807) is 6.92 Å². The van der Waals surface area contributed by atoms with Crippen molar-refractivity contribution in [3.63, 3.8) is 0 Å². The molecule has 0 saturated heterocycles. The number of carbonyl (C=O) groups is 2. The maximum atomic E-state index is 11.4. The summed E-state index contributed by atoms with van der Waals surface area (Å²) in [7, 11) is 3.84. The highest BCUT2D eigenvalue weighted by atomic mass is 16.4. The molecule has 0 aliphatic heterocycles. The first-order valence-corrected chi connectivity index (χ1v) is 5.24. The third-order valence-electron chi connectivity index (χ3n) is 1.87.